The van der Waals surface area contributed by atoms with E-state index in [0.717, 1.165) is 4.88 Å². The molecule has 0 spiro atoms. The van der Waals surface area contributed by atoms with Crippen LogP contribution in [0.1, 0.15) is 11.4 Å². The molecule has 7 heteroatoms. The quantitative estimate of drug-likeness (QED) is 0.775. The van der Waals surface area contributed by atoms with Crippen LogP contribution in [0, 0.1) is 17.1 Å². The second-order valence-electron chi connectivity index (χ2n) is 4.24. The van der Waals surface area contributed by atoms with Crippen molar-refractivity contribution in [3.05, 3.63) is 52.9 Å². The SMILES string of the molecule is N#Cc1ccc(NCc2nc(-c3cccs3)n[nH]2)c(F)c1. The van der Waals surface area contributed by atoms with Crippen LogP contribution < -0.4 is 5.32 Å². The molecule has 2 N–H and O–H groups in total. The summed E-state index contributed by atoms with van der Waals surface area (Å²) >= 11 is 1.55. The van der Waals surface area contributed by atoms with Crippen LogP contribution in [-0.2, 0) is 6.54 Å². The standard InChI is InChI=1S/C14H10FN5S/c15-10-6-9(7-16)3-4-11(10)17-8-13-18-14(20-19-13)12-2-1-5-21-12/h1-6,17H,8H2,(H,18,19,20). The third kappa shape index (κ3) is 2.90. The maximum absolute atomic E-state index is 13.7. The summed E-state index contributed by atoms with van der Waals surface area (Å²) in [4.78, 5) is 5.31. The topological polar surface area (TPSA) is 77.4 Å². The Morgan fingerprint density at radius 1 is 1.38 bits per heavy atom. The molecule has 0 aliphatic heterocycles. The number of nitrogens with one attached hydrogen (secondary N) is 2. The third-order valence-corrected chi connectivity index (χ3v) is 3.68. The Balaban J connectivity index is 1.70. The summed E-state index contributed by atoms with van der Waals surface area (Å²) in [5, 5.41) is 20.5. The van der Waals surface area contributed by atoms with Crippen molar-refractivity contribution in [1.29, 1.82) is 5.26 Å². The van der Waals surface area contributed by atoms with E-state index < -0.39 is 5.82 Å². The number of H-pyrrole nitrogens is 1. The predicted molar refractivity (Wildman–Crippen MR) is 78.1 cm³/mol. The lowest BCUT2D eigenvalue weighted by Crippen LogP contribution is -2.03. The Morgan fingerprint density at radius 3 is 3.00 bits per heavy atom. The van der Waals surface area contributed by atoms with E-state index in [0.29, 0.717) is 23.9 Å². The molecule has 0 fully saturated rings. The minimum Gasteiger partial charge on any atom is -0.375 e. The molecule has 1 aromatic carbocycles. The molecule has 2 aromatic heterocycles. The Morgan fingerprint density at radius 2 is 2.29 bits per heavy atom. The summed E-state index contributed by atoms with van der Waals surface area (Å²) in [6.45, 7) is 0.321. The smallest absolute Gasteiger partial charge is 0.191 e. The van der Waals surface area contributed by atoms with Gasteiger partial charge in [-0.2, -0.15) is 10.4 Å². The maximum Gasteiger partial charge on any atom is 0.191 e. The number of hydrogen-bond donors (Lipinski definition) is 2. The van der Waals surface area contributed by atoms with Crippen molar-refractivity contribution in [2.24, 2.45) is 0 Å². The van der Waals surface area contributed by atoms with Crippen LogP contribution in [0.5, 0.6) is 0 Å². The molecular weight excluding hydrogens is 289 g/mol. The third-order valence-electron chi connectivity index (χ3n) is 2.82. The van der Waals surface area contributed by atoms with Gasteiger partial charge in [-0.05, 0) is 29.6 Å². The van der Waals surface area contributed by atoms with Gasteiger partial charge in [0.2, 0.25) is 0 Å². The molecule has 0 amide bonds. The van der Waals surface area contributed by atoms with Gasteiger partial charge in [-0.3, -0.25) is 5.10 Å². The van der Waals surface area contributed by atoms with E-state index in [9.17, 15) is 4.39 Å². The van der Waals surface area contributed by atoms with Crippen molar-refractivity contribution < 1.29 is 4.39 Å². The number of aromatic nitrogens is 3. The molecule has 0 atom stereocenters. The predicted octanol–water partition coefficient (Wildman–Crippen LogP) is 3.16. The van der Waals surface area contributed by atoms with Crippen molar-refractivity contribution in [2.45, 2.75) is 6.54 Å². The van der Waals surface area contributed by atoms with Crippen molar-refractivity contribution >= 4 is 17.0 Å². The lowest BCUT2D eigenvalue weighted by molar-refractivity contribution is 0.629. The Labute approximate surface area is 124 Å². The fourth-order valence-electron chi connectivity index (χ4n) is 1.80. The number of anilines is 1. The average molecular weight is 299 g/mol. The van der Waals surface area contributed by atoms with Crippen LogP contribution in [-0.4, -0.2) is 15.2 Å². The summed E-state index contributed by atoms with van der Waals surface area (Å²) in [5.41, 5.74) is 0.612. The molecule has 0 radical (unpaired) electrons. The van der Waals surface area contributed by atoms with Crippen molar-refractivity contribution in [3.63, 3.8) is 0 Å². The van der Waals surface area contributed by atoms with E-state index >= 15 is 0 Å². The van der Waals surface area contributed by atoms with Gasteiger partial charge >= 0.3 is 0 Å². The lowest BCUT2D eigenvalue weighted by Gasteiger charge is -2.05. The summed E-state index contributed by atoms with van der Waals surface area (Å²) in [6, 6.07) is 10.0. The highest BCUT2D eigenvalue weighted by molar-refractivity contribution is 7.13. The van der Waals surface area contributed by atoms with E-state index in [1.165, 1.54) is 12.1 Å². The molecule has 3 rings (SSSR count). The van der Waals surface area contributed by atoms with Crippen LogP contribution >= 0.6 is 11.3 Å². The summed E-state index contributed by atoms with van der Waals surface area (Å²) < 4.78 is 13.7. The molecule has 3 aromatic rings. The zero-order chi connectivity index (χ0) is 14.7. The molecule has 0 aliphatic carbocycles. The number of aromatic amines is 1. The first-order valence-electron chi connectivity index (χ1n) is 6.15. The van der Waals surface area contributed by atoms with Gasteiger partial charge in [0.25, 0.3) is 0 Å². The van der Waals surface area contributed by atoms with Crippen molar-refractivity contribution in [2.75, 3.05) is 5.32 Å². The minimum atomic E-state index is -0.466. The number of thiophene rings is 1. The monoisotopic (exact) mass is 299 g/mol. The first kappa shape index (κ1) is 13.3. The molecule has 0 bridgehead atoms. The highest BCUT2D eigenvalue weighted by Crippen LogP contribution is 2.21. The molecule has 21 heavy (non-hydrogen) atoms. The Kier molecular flexibility index (Phi) is 3.62. The zero-order valence-electron chi connectivity index (χ0n) is 10.8. The summed E-state index contributed by atoms with van der Waals surface area (Å²) in [7, 11) is 0. The van der Waals surface area contributed by atoms with Gasteiger partial charge < -0.3 is 5.32 Å². The molecule has 0 aliphatic rings. The van der Waals surface area contributed by atoms with Crippen LogP contribution in [0.3, 0.4) is 0 Å². The van der Waals surface area contributed by atoms with Crippen LogP contribution in [0.2, 0.25) is 0 Å². The second-order valence-corrected chi connectivity index (χ2v) is 5.19. The van der Waals surface area contributed by atoms with Gasteiger partial charge in [0.1, 0.15) is 11.6 Å². The van der Waals surface area contributed by atoms with Crippen LogP contribution in [0.4, 0.5) is 10.1 Å². The molecule has 0 saturated heterocycles. The number of benzene rings is 1. The van der Waals surface area contributed by atoms with Crippen molar-refractivity contribution in [1.82, 2.24) is 15.2 Å². The largest absolute Gasteiger partial charge is 0.375 e. The van der Waals surface area contributed by atoms with Gasteiger partial charge in [-0.25, -0.2) is 9.37 Å². The molecule has 5 nitrogen and oxygen atoms in total. The van der Waals surface area contributed by atoms with Gasteiger partial charge in [0.05, 0.1) is 28.7 Å². The van der Waals surface area contributed by atoms with E-state index in [-0.39, 0.29) is 5.56 Å². The highest BCUT2D eigenvalue weighted by atomic mass is 32.1. The number of rotatable bonds is 4. The van der Waals surface area contributed by atoms with Crippen molar-refractivity contribution in [3.8, 4) is 16.8 Å². The normalized spacial score (nSPS) is 10.3. The lowest BCUT2D eigenvalue weighted by atomic mass is 10.2. The minimum absolute atomic E-state index is 0.290. The zero-order valence-corrected chi connectivity index (χ0v) is 11.6. The van der Waals surface area contributed by atoms with E-state index in [2.05, 4.69) is 20.5 Å². The van der Waals surface area contributed by atoms with E-state index in [1.807, 2.05) is 23.6 Å². The molecule has 0 saturated carbocycles. The van der Waals surface area contributed by atoms with Gasteiger partial charge in [-0.1, -0.05) is 6.07 Å². The van der Waals surface area contributed by atoms with Crippen LogP contribution in [0.25, 0.3) is 10.7 Å². The maximum atomic E-state index is 13.7. The molecular formula is C14H10FN5S. The van der Waals surface area contributed by atoms with E-state index in [1.54, 1.807) is 17.4 Å². The average Bonchev–Trinajstić information content (AvgIpc) is 3.16. The first-order valence-corrected chi connectivity index (χ1v) is 7.03. The molecule has 104 valence electrons. The Hall–Kier alpha value is -2.72. The molecule has 0 unspecified atom stereocenters. The number of nitriles is 1. The van der Waals surface area contributed by atoms with Gasteiger partial charge in [0.15, 0.2) is 5.82 Å². The molecule has 2 heterocycles. The highest BCUT2D eigenvalue weighted by Gasteiger charge is 2.08. The van der Waals surface area contributed by atoms with E-state index in [4.69, 9.17) is 5.26 Å². The summed E-state index contributed by atoms with van der Waals surface area (Å²) in [5.74, 6) is 0.774. The van der Waals surface area contributed by atoms with Gasteiger partial charge in [0, 0.05) is 0 Å². The number of halogens is 1. The fraction of sp³-hybridized carbons (Fsp3) is 0.0714. The van der Waals surface area contributed by atoms with Crippen LogP contribution in [0.15, 0.2) is 35.7 Å². The van der Waals surface area contributed by atoms with Gasteiger partial charge in [-0.15, -0.1) is 11.3 Å². The second kappa shape index (κ2) is 5.73. The first-order chi connectivity index (χ1) is 10.3. The number of hydrogen-bond acceptors (Lipinski definition) is 5. The summed E-state index contributed by atoms with van der Waals surface area (Å²) in [6.07, 6.45) is 0. The number of nitrogens with zero attached hydrogens (tertiary/aromatic N) is 3. The Bertz CT molecular complexity index is 788. The fourth-order valence-corrected chi connectivity index (χ4v) is 2.45.